The Labute approximate surface area is 155 Å². The van der Waals surface area contributed by atoms with E-state index in [4.69, 9.17) is 4.74 Å². The van der Waals surface area contributed by atoms with Crippen LogP contribution in [0.1, 0.15) is 18.4 Å². The summed E-state index contributed by atoms with van der Waals surface area (Å²) in [6.07, 6.45) is 1.75. The summed E-state index contributed by atoms with van der Waals surface area (Å²) in [5.74, 6) is 0.105. The Morgan fingerprint density at radius 2 is 1.73 bits per heavy atom. The highest BCUT2D eigenvalue weighted by atomic mass is 16.5. The molecule has 2 aliphatic rings. The van der Waals surface area contributed by atoms with Crippen LogP contribution in [0, 0.1) is 12.8 Å². The zero-order chi connectivity index (χ0) is 18.5. The first-order valence-corrected chi connectivity index (χ1v) is 9.45. The Balaban J connectivity index is 1.53. The van der Waals surface area contributed by atoms with Crippen molar-refractivity contribution in [2.24, 2.45) is 5.92 Å². The molecule has 0 aliphatic carbocycles. The van der Waals surface area contributed by atoms with E-state index >= 15 is 0 Å². The van der Waals surface area contributed by atoms with Gasteiger partial charge in [0.25, 0.3) is 0 Å². The predicted octanol–water partition coefficient (Wildman–Crippen LogP) is 1.53. The predicted molar refractivity (Wildman–Crippen MR) is 101 cm³/mol. The monoisotopic (exact) mass is 359 g/mol. The van der Waals surface area contributed by atoms with Crippen LogP contribution >= 0.6 is 0 Å². The molecular formula is C20H29N3O3. The van der Waals surface area contributed by atoms with Gasteiger partial charge in [-0.25, -0.2) is 0 Å². The number of methoxy groups -OCH3 is 1. The van der Waals surface area contributed by atoms with Crippen LogP contribution in [-0.4, -0.2) is 74.6 Å². The third-order valence-corrected chi connectivity index (χ3v) is 5.38. The fraction of sp³-hybridized carbons (Fsp3) is 0.600. The molecule has 6 nitrogen and oxygen atoms in total. The molecule has 2 fully saturated rings. The van der Waals surface area contributed by atoms with Crippen molar-refractivity contribution in [3.63, 3.8) is 0 Å². The summed E-state index contributed by atoms with van der Waals surface area (Å²) in [4.78, 5) is 31.0. The first kappa shape index (κ1) is 18.7. The summed E-state index contributed by atoms with van der Waals surface area (Å²) < 4.78 is 4.94. The molecule has 0 spiro atoms. The van der Waals surface area contributed by atoms with Crippen LogP contribution in [0.15, 0.2) is 24.3 Å². The minimum atomic E-state index is -0.0736. The number of hydrogen-bond donors (Lipinski definition) is 0. The Bertz CT molecular complexity index is 624. The van der Waals surface area contributed by atoms with Crippen molar-refractivity contribution in [3.8, 4) is 0 Å². The highest BCUT2D eigenvalue weighted by Gasteiger charge is 2.32. The number of aryl methyl sites for hydroxylation is 1. The fourth-order valence-corrected chi connectivity index (χ4v) is 3.82. The molecule has 0 radical (unpaired) electrons. The molecule has 6 heteroatoms. The molecule has 1 aromatic carbocycles. The number of nitrogens with zero attached hydrogens (tertiary/aromatic N) is 3. The minimum Gasteiger partial charge on any atom is -0.375 e. The third-order valence-electron chi connectivity index (χ3n) is 5.38. The Hall–Kier alpha value is -2.08. The second-order valence-electron chi connectivity index (χ2n) is 7.26. The molecule has 142 valence electrons. The molecule has 0 N–H and O–H groups in total. The maximum absolute atomic E-state index is 12.9. The van der Waals surface area contributed by atoms with Gasteiger partial charge in [0.2, 0.25) is 11.8 Å². The number of piperidine rings is 1. The van der Waals surface area contributed by atoms with Gasteiger partial charge in [-0.3, -0.25) is 9.59 Å². The number of hydrogen-bond acceptors (Lipinski definition) is 4. The van der Waals surface area contributed by atoms with Crippen LogP contribution in [-0.2, 0) is 14.3 Å². The molecule has 2 saturated heterocycles. The Kier molecular flexibility index (Phi) is 6.14. The molecule has 0 aromatic heterocycles. The van der Waals surface area contributed by atoms with Crippen molar-refractivity contribution < 1.29 is 14.3 Å². The van der Waals surface area contributed by atoms with E-state index in [1.807, 2.05) is 4.90 Å². The summed E-state index contributed by atoms with van der Waals surface area (Å²) >= 11 is 0. The lowest BCUT2D eigenvalue weighted by atomic mass is 9.96. The molecule has 0 unspecified atom stereocenters. The smallest absolute Gasteiger partial charge is 0.248 e. The highest BCUT2D eigenvalue weighted by molar-refractivity contribution is 5.82. The van der Waals surface area contributed by atoms with Crippen molar-refractivity contribution >= 4 is 17.5 Å². The number of benzene rings is 1. The summed E-state index contributed by atoms with van der Waals surface area (Å²) in [6.45, 7) is 6.64. The summed E-state index contributed by atoms with van der Waals surface area (Å²) in [5, 5.41) is 0. The summed E-state index contributed by atoms with van der Waals surface area (Å²) in [6, 6.07) is 8.54. The standard InChI is InChI=1S/C20H29N3O3/c1-16-5-7-18(8-6-16)21-10-12-22(13-11-21)20(25)17-4-3-9-23(14-17)19(24)15-26-2/h5-8,17H,3-4,9-15H2,1-2H3/t17-/m0/s1. The third kappa shape index (κ3) is 4.36. The molecular weight excluding hydrogens is 330 g/mol. The van der Waals surface area contributed by atoms with Gasteiger partial charge in [0.05, 0.1) is 5.92 Å². The number of carbonyl (C=O) groups is 2. The van der Waals surface area contributed by atoms with Crippen molar-refractivity contribution in [1.82, 2.24) is 9.80 Å². The van der Waals surface area contributed by atoms with Crippen LogP contribution < -0.4 is 4.90 Å². The second kappa shape index (κ2) is 8.54. The zero-order valence-corrected chi connectivity index (χ0v) is 15.8. The van der Waals surface area contributed by atoms with E-state index in [1.165, 1.54) is 18.4 Å². The summed E-state index contributed by atoms with van der Waals surface area (Å²) in [7, 11) is 1.53. The molecule has 26 heavy (non-hydrogen) atoms. The van der Waals surface area contributed by atoms with Gasteiger partial charge in [-0.1, -0.05) is 17.7 Å². The zero-order valence-electron chi connectivity index (χ0n) is 15.8. The lowest BCUT2D eigenvalue weighted by Gasteiger charge is -2.39. The number of piperazine rings is 1. The SMILES string of the molecule is COCC(=O)N1CCC[C@H](C(=O)N2CCN(c3ccc(C)cc3)CC2)C1. The van der Waals surface area contributed by atoms with E-state index in [0.29, 0.717) is 6.54 Å². The van der Waals surface area contributed by atoms with Crippen molar-refractivity contribution in [2.75, 3.05) is 57.9 Å². The quantitative estimate of drug-likeness (QED) is 0.818. The van der Waals surface area contributed by atoms with Gasteiger partial charge in [0.1, 0.15) is 6.61 Å². The van der Waals surface area contributed by atoms with Gasteiger partial charge in [0, 0.05) is 52.1 Å². The minimum absolute atomic E-state index is 0.0193. The van der Waals surface area contributed by atoms with Crippen LogP contribution in [0.3, 0.4) is 0 Å². The Morgan fingerprint density at radius 1 is 1.04 bits per heavy atom. The van der Waals surface area contributed by atoms with E-state index in [0.717, 1.165) is 45.6 Å². The van der Waals surface area contributed by atoms with Crippen LogP contribution in [0.4, 0.5) is 5.69 Å². The van der Waals surface area contributed by atoms with Crippen LogP contribution in [0.2, 0.25) is 0 Å². The van der Waals surface area contributed by atoms with E-state index in [2.05, 4.69) is 36.1 Å². The number of anilines is 1. The van der Waals surface area contributed by atoms with E-state index in [1.54, 1.807) is 4.90 Å². The van der Waals surface area contributed by atoms with Gasteiger partial charge in [-0.05, 0) is 31.9 Å². The average Bonchev–Trinajstić information content (AvgIpc) is 2.68. The fourth-order valence-electron chi connectivity index (χ4n) is 3.82. The first-order valence-electron chi connectivity index (χ1n) is 9.45. The number of amides is 2. The maximum atomic E-state index is 12.9. The molecule has 0 saturated carbocycles. The molecule has 1 atom stereocenters. The molecule has 2 amide bonds. The van der Waals surface area contributed by atoms with Crippen molar-refractivity contribution in [2.45, 2.75) is 19.8 Å². The van der Waals surface area contributed by atoms with E-state index < -0.39 is 0 Å². The van der Waals surface area contributed by atoms with Crippen LogP contribution in [0.5, 0.6) is 0 Å². The number of carbonyl (C=O) groups excluding carboxylic acids is 2. The number of rotatable bonds is 4. The average molecular weight is 359 g/mol. The molecule has 2 aliphatic heterocycles. The number of likely N-dealkylation sites (tertiary alicyclic amines) is 1. The summed E-state index contributed by atoms with van der Waals surface area (Å²) in [5.41, 5.74) is 2.48. The Morgan fingerprint density at radius 3 is 2.38 bits per heavy atom. The molecule has 0 bridgehead atoms. The largest absolute Gasteiger partial charge is 0.375 e. The normalized spacial score (nSPS) is 21.0. The van der Waals surface area contributed by atoms with Gasteiger partial charge >= 0.3 is 0 Å². The van der Waals surface area contributed by atoms with Crippen molar-refractivity contribution in [1.29, 1.82) is 0 Å². The lowest BCUT2D eigenvalue weighted by molar-refractivity contribution is -0.142. The molecule has 1 aromatic rings. The van der Waals surface area contributed by atoms with Crippen LogP contribution in [0.25, 0.3) is 0 Å². The highest BCUT2D eigenvalue weighted by Crippen LogP contribution is 2.22. The molecule has 2 heterocycles. The second-order valence-corrected chi connectivity index (χ2v) is 7.26. The molecule has 3 rings (SSSR count). The number of ether oxygens (including phenoxy) is 1. The van der Waals surface area contributed by atoms with E-state index in [-0.39, 0.29) is 24.3 Å². The van der Waals surface area contributed by atoms with Crippen molar-refractivity contribution in [3.05, 3.63) is 29.8 Å². The maximum Gasteiger partial charge on any atom is 0.248 e. The van der Waals surface area contributed by atoms with Gasteiger partial charge in [-0.2, -0.15) is 0 Å². The van der Waals surface area contributed by atoms with Gasteiger partial charge < -0.3 is 19.4 Å². The van der Waals surface area contributed by atoms with Gasteiger partial charge in [0.15, 0.2) is 0 Å². The first-order chi connectivity index (χ1) is 12.6. The lowest BCUT2D eigenvalue weighted by Crippen LogP contribution is -2.53. The topological polar surface area (TPSA) is 53.1 Å². The van der Waals surface area contributed by atoms with Gasteiger partial charge in [-0.15, -0.1) is 0 Å². The van der Waals surface area contributed by atoms with E-state index in [9.17, 15) is 9.59 Å².